The lowest BCUT2D eigenvalue weighted by Crippen LogP contribution is -2.22. The van der Waals surface area contributed by atoms with Gasteiger partial charge in [0, 0.05) is 6.61 Å². The van der Waals surface area contributed by atoms with E-state index in [1.54, 1.807) is 7.11 Å². The van der Waals surface area contributed by atoms with Crippen LogP contribution >= 0.6 is 0 Å². The van der Waals surface area contributed by atoms with Gasteiger partial charge in [-0.1, -0.05) is 12.1 Å². The van der Waals surface area contributed by atoms with Crippen LogP contribution < -0.4 is 4.74 Å². The normalized spacial score (nSPS) is 18.5. The molecule has 1 aliphatic rings. The summed E-state index contributed by atoms with van der Waals surface area (Å²) in [5, 5.41) is 0. The van der Waals surface area contributed by atoms with E-state index < -0.39 is 0 Å². The van der Waals surface area contributed by atoms with Gasteiger partial charge in [0.05, 0.1) is 13.7 Å². The second kappa shape index (κ2) is 7.80. The van der Waals surface area contributed by atoms with Crippen molar-refractivity contribution in [3.05, 3.63) is 41.6 Å². The summed E-state index contributed by atoms with van der Waals surface area (Å²) in [5.74, 6) is 0.860. The van der Waals surface area contributed by atoms with Gasteiger partial charge in [-0.25, -0.2) is 0 Å². The van der Waals surface area contributed by atoms with E-state index >= 15 is 0 Å². The summed E-state index contributed by atoms with van der Waals surface area (Å²) in [7, 11) is 1.66. The average Bonchev–Trinajstić information content (AvgIpc) is 2.49. The largest absolute Gasteiger partial charge is 0.497 e. The summed E-state index contributed by atoms with van der Waals surface area (Å²) >= 11 is 0. The summed E-state index contributed by atoms with van der Waals surface area (Å²) in [6.07, 6.45) is 7.10. The minimum atomic E-state index is -0.0345. The SMILES string of the molecule is COc1ccc(C=C=CCOC2CCCCO2)cc1. The zero-order valence-electron chi connectivity index (χ0n) is 11.3. The molecule has 0 aliphatic carbocycles. The second-order valence-electron chi connectivity index (χ2n) is 4.42. The predicted molar refractivity (Wildman–Crippen MR) is 75.1 cm³/mol. The first kappa shape index (κ1) is 13.9. The summed E-state index contributed by atoms with van der Waals surface area (Å²) in [6.45, 7) is 1.35. The van der Waals surface area contributed by atoms with Crippen LogP contribution in [0.3, 0.4) is 0 Å². The van der Waals surface area contributed by atoms with Gasteiger partial charge in [-0.05, 0) is 49.1 Å². The average molecular weight is 260 g/mol. The lowest BCUT2D eigenvalue weighted by atomic mass is 10.2. The van der Waals surface area contributed by atoms with Crippen molar-refractivity contribution in [2.75, 3.05) is 20.3 Å². The fourth-order valence-corrected chi connectivity index (χ4v) is 1.90. The number of hydrogen-bond acceptors (Lipinski definition) is 3. The topological polar surface area (TPSA) is 27.7 Å². The van der Waals surface area contributed by atoms with Gasteiger partial charge < -0.3 is 14.2 Å². The lowest BCUT2D eigenvalue weighted by Gasteiger charge is -2.21. The molecule has 1 fully saturated rings. The molecule has 1 aromatic rings. The Hall–Kier alpha value is -1.54. The number of hydrogen-bond donors (Lipinski definition) is 0. The number of ether oxygens (including phenoxy) is 3. The first-order chi connectivity index (χ1) is 9.38. The molecule has 102 valence electrons. The van der Waals surface area contributed by atoms with Gasteiger partial charge in [0.25, 0.3) is 0 Å². The van der Waals surface area contributed by atoms with E-state index in [0.29, 0.717) is 6.61 Å². The van der Waals surface area contributed by atoms with E-state index in [1.807, 2.05) is 36.4 Å². The third-order valence-electron chi connectivity index (χ3n) is 2.99. The van der Waals surface area contributed by atoms with Crippen LogP contribution in [0, 0.1) is 0 Å². The fraction of sp³-hybridized carbons (Fsp3) is 0.438. The Morgan fingerprint density at radius 1 is 1.32 bits per heavy atom. The molecule has 3 heteroatoms. The molecule has 0 spiro atoms. The fourth-order valence-electron chi connectivity index (χ4n) is 1.90. The molecule has 19 heavy (non-hydrogen) atoms. The Labute approximate surface area is 114 Å². The predicted octanol–water partition coefficient (Wildman–Crippen LogP) is 3.41. The molecule has 1 aromatic carbocycles. The first-order valence-corrected chi connectivity index (χ1v) is 6.67. The van der Waals surface area contributed by atoms with E-state index in [-0.39, 0.29) is 6.29 Å². The zero-order chi connectivity index (χ0) is 13.3. The van der Waals surface area contributed by atoms with E-state index in [9.17, 15) is 0 Å². The van der Waals surface area contributed by atoms with E-state index in [1.165, 1.54) is 6.42 Å². The molecule has 1 aliphatic heterocycles. The number of benzene rings is 1. The third-order valence-corrected chi connectivity index (χ3v) is 2.99. The Morgan fingerprint density at radius 2 is 2.16 bits per heavy atom. The maximum Gasteiger partial charge on any atom is 0.158 e. The summed E-state index contributed by atoms with van der Waals surface area (Å²) in [5.41, 5.74) is 4.20. The van der Waals surface area contributed by atoms with Crippen molar-refractivity contribution in [2.45, 2.75) is 25.6 Å². The molecule has 2 rings (SSSR count). The summed E-state index contributed by atoms with van der Waals surface area (Å²) in [6, 6.07) is 7.84. The highest BCUT2D eigenvalue weighted by Gasteiger charge is 2.12. The molecule has 1 heterocycles. The molecular formula is C16H20O3. The molecule has 0 bridgehead atoms. The van der Waals surface area contributed by atoms with Crippen molar-refractivity contribution in [3.63, 3.8) is 0 Å². The monoisotopic (exact) mass is 260 g/mol. The minimum absolute atomic E-state index is 0.0345. The standard InChI is InChI=1S/C16H20O3/c1-17-15-10-8-14(9-11-15)6-2-4-12-18-16-7-3-5-13-19-16/h4,6,8-11,16H,3,5,7,12-13H2,1H3. The van der Waals surface area contributed by atoms with Crippen LogP contribution in [0.15, 0.2) is 36.1 Å². The van der Waals surface area contributed by atoms with Crippen molar-refractivity contribution in [3.8, 4) is 5.75 Å². The van der Waals surface area contributed by atoms with Gasteiger partial charge in [-0.2, -0.15) is 0 Å². The van der Waals surface area contributed by atoms with Crippen molar-refractivity contribution in [1.29, 1.82) is 0 Å². The zero-order valence-corrected chi connectivity index (χ0v) is 11.3. The highest BCUT2D eigenvalue weighted by molar-refractivity contribution is 5.49. The van der Waals surface area contributed by atoms with Crippen molar-refractivity contribution in [1.82, 2.24) is 0 Å². The van der Waals surface area contributed by atoms with E-state index in [2.05, 4.69) is 5.73 Å². The number of rotatable bonds is 5. The minimum Gasteiger partial charge on any atom is -0.497 e. The van der Waals surface area contributed by atoms with Crippen LogP contribution in [0.5, 0.6) is 5.75 Å². The van der Waals surface area contributed by atoms with Crippen molar-refractivity contribution < 1.29 is 14.2 Å². The molecule has 1 saturated heterocycles. The molecule has 3 nitrogen and oxygen atoms in total. The lowest BCUT2D eigenvalue weighted by molar-refractivity contribution is -0.155. The van der Waals surface area contributed by atoms with Gasteiger partial charge in [-0.3, -0.25) is 0 Å². The molecule has 0 aromatic heterocycles. The van der Waals surface area contributed by atoms with Gasteiger partial charge >= 0.3 is 0 Å². The third kappa shape index (κ3) is 4.92. The van der Waals surface area contributed by atoms with Crippen LogP contribution in [0.2, 0.25) is 0 Å². The Morgan fingerprint density at radius 3 is 2.84 bits per heavy atom. The van der Waals surface area contributed by atoms with Crippen LogP contribution in [-0.2, 0) is 9.47 Å². The van der Waals surface area contributed by atoms with Gasteiger partial charge in [0.2, 0.25) is 0 Å². The molecular weight excluding hydrogens is 240 g/mol. The van der Waals surface area contributed by atoms with Gasteiger partial charge in [-0.15, -0.1) is 5.73 Å². The molecule has 0 saturated carbocycles. The molecule has 1 atom stereocenters. The van der Waals surface area contributed by atoms with Crippen LogP contribution in [-0.4, -0.2) is 26.6 Å². The van der Waals surface area contributed by atoms with Crippen LogP contribution in [0.1, 0.15) is 24.8 Å². The van der Waals surface area contributed by atoms with Crippen LogP contribution in [0.25, 0.3) is 6.08 Å². The van der Waals surface area contributed by atoms with Crippen molar-refractivity contribution in [2.24, 2.45) is 0 Å². The van der Waals surface area contributed by atoms with Gasteiger partial charge in [0.15, 0.2) is 6.29 Å². The van der Waals surface area contributed by atoms with E-state index in [4.69, 9.17) is 14.2 Å². The molecule has 0 amide bonds. The highest BCUT2D eigenvalue weighted by atomic mass is 16.7. The van der Waals surface area contributed by atoms with Crippen LogP contribution in [0.4, 0.5) is 0 Å². The highest BCUT2D eigenvalue weighted by Crippen LogP contribution is 2.13. The summed E-state index contributed by atoms with van der Waals surface area (Å²) in [4.78, 5) is 0. The molecule has 1 unspecified atom stereocenters. The maximum atomic E-state index is 5.58. The smallest absolute Gasteiger partial charge is 0.158 e. The summed E-state index contributed by atoms with van der Waals surface area (Å²) < 4.78 is 16.2. The Balaban J connectivity index is 1.75. The van der Waals surface area contributed by atoms with E-state index in [0.717, 1.165) is 30.8 Å². The van der Waals surface area contributed by atoms with Gasteiger partial charge in [0.1, 0.15) is 5.75 Å². The second-order valence-corrected chi connectivity index (χ2v) is 4.42. The Kier molecular flexibility index (Phi) is 5.70. The number of methoxy groups -OCH3 is 1. The molecule has 0 radical (unpaired) electrons. The molecule has 0 N–H and O–H groups in total. The maximum absolute atomic E-state index is 5.58. The van der Waals surface area contributed by atoms with Crippen molar-refractivity contribution >= 4 is 6.08 Å². The Bertz CT molecular complexity index is 424. The quantitative estimate of drug-likeness (QED) is 0.759. The first-order valence-electron chi connectivity index (χ1n) is 6.67.